The molecule has 0 spiro atoms. The maximum atomic E-state index is 5.62. The van der Waals surface area contributed by atoms with Crippen LogP contribution in [-0.2, 0) is 4.74 Å². The highest BCUT2D eigenvalue weighted by Gasteiger charge is 2.23. The lowest BCUT2D eigenvalue weighted by atomic mass is 10.1. The summed E-state index contributed by atoms with van der Waals surface area (Å²) in [6.45, 7) is 3.00. The van der Waals surface area contributed by atoms with E-state index in [0.29, 0.717) is 11.4 Å². The maximum Gasteiger partial charge on any atom is 0.217 e. The number of ether oxygens (including phenoxy) is 1. The highest BCUT2D eigenvalue weighted by Crippen LogP contribution is 2.34. The molecule has 2 aromatic heterocycles. The van der Waals surface area contributed by atoms with E-state index in [9.17, 15) is 0 Å². The maximum absolute atomic E-state index is 5.62. The Morgan fingerprint density at radius 2 is 2.25 bits per heavy atom. The summed E-state index contributed by atoms with van der Waals surface area (Å²) in [5.41, 5.74) is 1.21. The molecule has 0 bridgehead atoms. The number of thioether (sulfide) groups is 1. The molecule has 0 N–H and O–H groups in total. The Labute approximate surface area is 125 Å². The van der Waals surface area contributed by atoms with Crippen LogP contribution in [0.15, 0.2) is 29.4 Å². The van der Waals surface area contributed by atoms with Crippen molar-refractivity contribution in [2.75, 3.05) is 6.61 Å². The predicted octanol–water partition coefficient (Wildman–Crippen LogP) is 3.60. The zero-order valence-electron chi connectivity index (χ0n) is 11.2. The van der Waals surface area contributed by atoms with Crippen LogP contribution in [0.5, 0.6) is 0 Å². The first-order valence-corrected chi connectivity index (χ1v) is 8.52. The number of benzene rings is 1. The molecule has 2 atom stereocenters. The number of fused-ring (bicyclic) bond motifs is 3. The third-order valence-electron chi connectivity index (χ3n) is 3.62. The fourth-order valence-corrected chi connectivity index (χ4v) is 4.93. The van der Waals surface area contributed by atoms with Crippen LogP contribution in [0.3, 0.4) is 0 Å². The van der Waals surface area contributed by atoms with Gasteiger partial charge in [0, 0.05) is 11.9 Å². The molecule has 4 rings (SSSR count). The zero-order valence-corrected chi connectivity index (χ0v) is 12.8. The first kappa shape index (κ1) is 12.6. The third kappa shape index (κ3) is 2.12. The highest BCUT2D eigenvalue weighted by atomic mass is 32.2. The van der Waals surface area contributed by atoms with Crippen LogP contribution in [0.25, 0.3) is 15.2 Å². The average Bonchev–Trinajstić information content (AvgIpc) is 2.99. The molecule has 0 unspecified atom stereocenters. The lowest BCUT2D eigenvalue weighted by Crippen LogP contribution is -2.24. The van der Waals surface area contributed by atoms with Crippen molar-refractivity contribution in [1.29, 1.82) is 0 Å². The molecule has 1 fully saturated rings. The molecule has 20 heavy (non-hydrogen) atoms. The summed E-state index contributed by atoms with van der Waals surface area (Å²) in [6, 6.07) is 8.41. The number of thiazole rings is 1. The van der Waals surface area contributed by atoms with E-state index in [1.807, 2.05) is 11.8 Å². The molecular weight excluding hydrogens is 290 g/mol. The first-order valence-electron chi connectivity index (χ1n) is 6.82. The largest absolute Gasteiger partial charge is 0.378 e. The van der Waals surface area contributed by atoms with Gasteiger partial charge in [-0.25, -0.2) is 0 Å². The standard InChI is InChI=1S/C14H15N3OS2/c1-9-8-10(6-7-18-9)19-13-15-16-14-17(13)11-4-2-3-5-12(11)20-14/h2-5,9-10H,6-8H2,1H3/t9-,10-/m1/s1. The number of rotatable bonds is 2. The van der Waals surface area contributed by atoms with Gasteiger partial charge in [-0.05, 0) is 31.9 Å². The van der Waals surface area contributed by atoms with Crippen molar-refractivity contribution in [3.05, 3.63) is 24.3 Å². The van der Waals surface area contributed by atoms with Gasteiger partial charge in [-0.2, -0.15) is 0 Å². The molecule has 104 valence electrons. The third-order valence-corrected chi connectivity index (χ3v) is 5.87. The minimum Gasteiger partial charge on any atom is -0.378 e. The van der Waals surface area contributed by atoms with Gasteiger partial charge in [0.05, 0.1) is 16.3 Å². The SMILES string of the molecule is C[C@@H]1C[C@H](Sc2nnc3sc4ccccc4n23)CCO1. The van der Waals surface area contributed by atoms with Crippen molar-refractivity contribution in [1.82, 2.24) is 14.6 Å². The molecule has 1 aliphatic heterocycles. The van der Waals surface area contributed by atoms with Gasteiger partial charge >= 0.3 is 0 Å². The van der Waals surface area contributed by atoms with Crippen LogP contribution in [0.4, 0.5) is 0 Å². The van der Waals surface area contributed by atoms with Crippen molar-refractivity contribution in [2.45, 2.75) is 36.3 Å². The van der Waals surface area contributed by atoms with Crippen LogP contribution in [0.2, 0.25) is 0 Å². The Balaban J connectivity index is 1.72. The minimum atomic E-state index is 0.351. The van der Waals surface area contributed by atoms with E-state index in [0.717, 1.165) is 29.6 Å². The Morgan fingerprint density at radius 3 is 3.15 bits per heavy atom. The fraction of sp³-hybridized carbons (Fsp3) is 0.429. The van der Waals surface area contributed by atoms with E-state index in [-0.39, 0.29) is 0 Å². The van der Waals surface area contributed by atoms with Gasteiger partial charge in [-0.1, -0.05) is 35.2 Å². The molecule has 0 aliphatic carbocycles. The summed E-state index contributed by atoms with van der Waals surface area (Å²) < 4.78 is 9.06. The molecule has 1 aromatic carbocycles. The van der Waals surface area contributed by atoms with E-state index >= 15 is 0 Å². The van der Waals surface area contributed by atoms with Crippen molar-refractivity contribution in [3.63, 3.8) is 0 Å². The van der Waals surface area contributed by atoms with Crippen molar-refractivity contribution in [3.8, 4) is 0 Å². The Bertz CT molecular complexity index is 751. The van der Waals surface area contributed by atoms with Gasteiger partial charge in [0.25, 0.3) is 0 Å². The molecule has 3 aromatic rings. The molecule has 0 amide bonds. The van der Waals surface area contributed by atoms with Crippen LogP contribution in [0.1, 0.15) is 19.8 Å². The van der Waals surface area contributed by atoms with Crippen LogP contribution < -0.4 is 0 Å². The lowest BCUT2D eigenvalue weighted by Gasteiger charge is -2.25. The topological polar surface area (TPSA) is 39.4 Å². The van der Waals surface area contributed by atoms with E-state index in [1.54, 1.807) is 11.3 Å². The van der Waals surface area contributed by atoms with Crippen molar-refractivity contribution >= 4 is 38.3 Å². The van der Waals surface area contributed by atoms with E-state index in [2.05, 4.69) is 45.8 Å². The zero-order chi connectivity index (χ0) is 13.5. The number of hydrogen-bond acceptors (Lipinski definition) is 5. The number of hydrogen-bond donors (Lipinski definition) is 0. The second-order valence-electron chi connectivity index (χ2n) is 5.12. The number of aromatic nitrogens is 3. The monoisotopic (exact) mass is 305 g/mol. The Hall–Kier alpha value is -1.11. The molecule has 4 nitrogen and oxygen atoms in total. The summed E-state index contributed by atoms with van der Waals surface area (Å²) in [5, 5.41) is 10.3. The molecule has 0 radical (unpaired) electrons. The normalized spacial score (nSPS) is 23.6. The molecule has 1 aliphatic rings. The smallest absolute Gasteiger partial charge is 0.217 e. The van der Waals surface area contributed by atoms with Gasteiger partial charge in [-0.15, -0.1) is 10.2 Å². The van der Waals surface area contributed by atoms with Crippen molar-refractivity contribution in [2.24, 2.45) is 0 Å². The first-order chi connectivity index (χ1) is 9.81. The molecular formula is C14H15N3OS2. The quantitative estimate of drug-likeness (QED) is 0.725. The van der Waals surface area contributed by atoms with Gasteiger partial charge in [0.1, 0.15) is 0 Å². The molecule has 1 saturated heterocycles. The number of nitrogens with zero attached hydrogens (tertiary/aromatic N) is 3. The van der Waals surface area contributed by atoms with Crippen LogP contribution in [0, 0.1) is 0 Å². The van der Waals surface area contributed by atoms with E-state index in [4.69, 9.17) is 4.74 Å². The summed E-state index contributed by atoms with van der Waals surface area (Å²) in [7, 11) is 0. The van der Waals surface area contributed by atoms with Crippen LogP contribution in [-0.4, -0.2) is 32.6 Å². The second kappa shape index (κ2) is 5.02. The molecule has 0 saturated carbocycles. The fourth-order valence-electron chi connectivity index (χ4n) is 2.64. The Morgan fingerprint density at radius 1 is 1.35 bits per heavy atom. The van der Waals surface area contributed by atoms with E-state index in [1.165, 1.54) is 10.2 Å². The highest BCUT2D eigenvalue weighted by molar-refractivity contribution is 7.99. The van der Waals surface area contributed by atoms with Gasteiger partial charge in [0.15, 0.2) is 5.16 Å². The summed E-state index contributed by atoms with van der Waals surface area (Å²) in [5.74, 6) is 0. The molecule has 6 heteroatoms. The predicted molar refractivity (Wildman–Crippen MR) is 82.7 cm³/mol. The molecule has 3 heterocycles. The van der Waals surface area contributed by atoms with Crippen LogP contribution >= 0.6 is 23.1 Å². The van der Waals surface area contributed by atoms with Crippen molar-refractivity contribution < 1.29 is 4.74 Å². The summed E-state index contributed by atoms with van der Waals surface area (Å²) in [4.78, 5) is 0.980. The van der Waals surface area contributed by atoms with Gasteiger partial charge in [0.2, 0.25) is 4.96 Å². The van der Waals surface area contributed by atoms with Gasteiger partial charge in [-0.3, -0.25) is 4.40 Å². The number of para-hydroxylation sites is 1. The summed E-state index contributed by atoms with van der Waals surface area (Å²) >= 11 is 3.54. The Kier molecular flexibility index (Phi) is 3.17. The second-order valence-corrected chi connectivity index (χ2v) is 7.39. The summed E-state index contributed by atoms with van der Waals surface area (Å²) in [6.07, 6.45) is 2.53. The average molecular weight is 305 g/mol. The minimum absolute atomic E-state index is 0.351. The van der Waals surface area contributed by atoms with E-state index < -0.39 is 0 Å². The van der Waals surface area contributed by atoms with Gasteiger partial charge < -0.3 is 4.74 Å². The lowest BCUT2D eigenvalue weighted by molar-refractivity contribution is 0.0314.